The second-order valence-corrected chi connectivity index (χ2v) is 15.0. The van der Waals surface area contributed by atoms with Gasteiger partial charge in [-0.25, -0.2) is 0 Å². The molecule has 216 valence electrons. The van der Waals surface area contributed by atoms with Crippen molar-refractivity contribution in [2.24, 2.45) is 27.6 Å². The Labute approximate surface area is 227 Å². The number of rotatable bonds is 3. The highest BCUT2D eigenvalue weighted by molar-refractivity contribution is 5.92. The van der Waals surface area contributed by atoms with Gasteiger partial charge in [-0.2, -0.15) is 0 Å². The number of Topliss-reactive ketones (excluding diaryl/α,β-unsaturated/α-hetero) is 1. The Bertz CT molecular complexity index is 1020. The number of aliphatic hydroxyl groups is 2. The fourth-order valence-electron chi connectivity index (χ4n) is 7.24. The molecule has 0 aromatic rings. The summed E-state index contributed by atoms with van der Waals surface area (Å²) < 4.78 is 18.6. The van der Waals surface area contributed by atoms with Gasteiger partial charge in [-0.15, -0.1) is 6.58 Å². The van der Waals surface area contributed by atoms with Gasteiger partial charge < -0.3 is 24.4 Å². The van der Waals surface area contributed by atoms with Crippen LogP contribution < -0.4 is 0 Å². The smallest absolute Gasteiger partial charge is 0.311 e. The predicted octanol–water partition coefficient (Wildman–Crippen LogP) is 4.14. The average molecular weight is 537 g/mol. The third kappa shape index (κ3) is 4.26. The summed E-state index contributed by atoms with van der Waals surface area (Å²) in [4.78, 5) is 40.5. The number of fused-ring (bicyclic) bond motifs is 3. The second-order valence-electron chi connectivity index (χ2n) is 15.0. The minimum atomic E-state index is -2.27. The van der Waals surface area contributed by atoms with E-state index in [9.17, 15) is 24.6 Å². The zero-order valence-electron chi connectivity index (χ0n) is 25.1. The number of aliphatic hydroxyl groups excluding tert-OH is 1. The van der Waals surface area contributed by atoms with Crippen LogP contribution in [0.4, 0.5) is 0 Å². The summed E-state index contributed by atoms with van der Waals surface area (Å²) in [5.41, 5.74) is -9.14. The number of esters is 2. The van der Waals surface area contributed by atoms with E-state index in [2.05, 4.69) is 6.58 Å². The van der Waals surface area contributed by atoms with Crippen molar-refractivity contribution in [3.8, 4) is 0 Å². The van der Waals surface area contributed by atoms with Crippen molar-refractivity contribution >= 4 is 17.7 Å². The van der Waals surface area contributed by atoms with Gasteiger partial charge in [-0.05, 0) is 73.6 Å². The van der Waals surface area contributed by atoms with Crippen molar-refractivity contribution in [3.63, 3.8) is 0 Å². The summed E-state index contributed by atoms with van der Waals surface area (Å²) in [5.74, 6) is -2.37. The molecule has 1 aliphatic heterocycles. The molecule has 3 fully saturated rings. The first kappa shape index (κ1) is 30.8. The summed E-state index contributed by atoms with van der Waals surface area (Å²) in [6.07, 6.45) is -1.36. The normalized spacial score (nSPS) is 42.9. The molecule has 8 nitrogen and oxygen atoms in total. The molecule has 0 radical (unpaired) electrons. The van der Waals surface area contributed by atoms with Gasteiger partial charge in [0.2, 0.25) is 0 Å². The van der Waals surface area contributed by atoms with E-state index in [4.69, 9.17) is 14.2 Å². The summed E-state index contributed by atoms with van der Waals surface area (Å²) >= 11 is 0. The summed E-state index contributed by atoms with van der Waals surface area (Å²) in [6.45, 7) is 22.9. The average Bonchev–Trinajstić information content (AvgIpc) is 2.74. The van der Waals surface area contributed by atoms with Crippen molar-refractivity contribution in [2.45, 2.75) is 131 Å². The van der Waals surface area contributed by atoms with Crippen LogP contribution in [0.1, 0.15) is 95.4 Å². The number of hydrogen-bond donors (Lipinski definition) is 2. The fourth-order valence-corrected chi connectivity index (χ4v) is 7.24. The van der Waals surface area contributed by atoms with Gasteiger partial charge in [0.25, 0.3) is 0 Å². The lowest BCUT2D eigenvalue weighted by Gasteiger charge is -2.71. The Hall–Kier alpha value is -1.77. The van der Waals surface area contributed by atoms with E-state index in [0.29, 0.717) is 12.8 Å². The Morgan fingerprint density at radius 3 is 1.97 bits per heavy atom. The van der Waals surface area contributed by atoms with Crippen molar-refractivity contribution in [1.82, 2.24) is 0 Å². The third-order valence-corrected chi connectivity index (χ3v) is 9.40. The van der Waals surface area contributed by atoms with Crippen LogP contribution in [-0.2, 0) is 28.6 Å². The van der Waals surface area contributed by atoms with Crippen LogP contribution in [0.25, 0.3) is 0 Å². The van der Waals surface area contributed by atoms with Crippen LogP contribution in [0.15, 0.2) is 12.7 Å². The molecular formula is C30H48O8. The number of carbonyl (C=O) groups excluding carboxylic acids is 3. The number of ketones is 1. The quantitative estimate of drug-likeness (QED) is 0.408. The number of hydrogen-bond acceptors (Lipinski definition) is 8. The van der Waals surface area contributed by atoms with Crippen LogP contribution in [-0.4, -0.2) is 63.0 Å². The topological polar surface area (TPSA) is 119 Å². The molecule has 3 rings (SSSR count). The SMILES string of the molecule is C=C[C@@]1(C)CC(=O)[C@]2(O)C3(C)[C@@H](OC(=O)C(C)(C)C)CCC(C)(C)[C@@H]3C(O)C(OC(=O)C(C)(C)C)[C@@]2(C)O1. The molecule has 3 aliphatic rings. The van der Waals surface area contributed by atoms with E-state index in [1.807, 2.05) is 13.8 Å². The highest BCUT2D eigenvalue weighted by Gasteiger charge is 2.82. The lowest BCUT2D eigenvalue weighted by molar-refractivity contribution is -0.371. The minimum Gasteiger partial charge on any atom is -0.461 e. The first-order valence-corrected chi connectivity index (χ1v) is 13.6. The third-order valence-electron chi connectivity index (χ3n) is 9.40. The van der Waals surface area contributed by atoms with Gasteiger partial charge >= 0.3 is 11.9 Å². The highest BCUT2D eigenvalue weighted by Crippen LogP contribution is 2.67. The van der Waals surface area contributed by atoms with E-state index in [1.165, 1.54) is 13.0 Å². The predicted molar refractivity (Wildman–Crippen MR) is 142 cm³/mol. The van der Waals surface area contributed by atoms with Crippen LogP contribution in [0.5, 0.6) is 0 Å². The molecule has 38 heavy (non-hydrogen) atoms. The first-order valence-electron chi connectivity index (χ1n) is 13.6. The summed E-state index contributed by atoms with van der Waals surface area (Å²) in [6, 6.07) is 0. The van der Waals surface area contributed by atoms with Crippen molar-refractivity contribution in [1.29, 1.82) is 0 Å². The second kappa shape index (κ2) is 8.87. The molecule has 8 atom stereocenters. The fraction of sp³-hybridized carbons (Fsp3) is 0.833. The standard InChI is InChI=1S/C30H48O8/c1-13-27(10)16-17(31)30(35)28(11)18(36-22(33)24(2,3)4)14-15-26(8,9)20(28)19(32)21(29(30,12)38-27)37-23(34)25(5,6)7/h13,18-21,32,35H,1,14-16H2,2-12H3/t18-,19?,20-,21?,27-,28?,29+,30-/m0/s1. The van der Waals surface area contributed by atoms with E-state index in [0.717, 1.165) is 0 Å². The molecule has 2 saturated carbocycles. The van der Waals surface area contributed by atoms with Crippen molar-refractivity contribution < 1.29 is 38.8 Å². The van der Waals surface area contributed by atoms with Crippen molar-refractivity contribution in [2.75, 3.05) is 0 Å². The monoisotopic (exact) mass is 536 g/mol. The zero-order chi connectivity index (χ0) is 29.5. The van der Waals surface area contributed by atoms with Gasteiger partial charge in [-0.3, -0.25) is 14.4 Å². The molecule has 2 aliphatic carbocycles. The van der Waals surface area contributed by atoms with Crippen LogP contribution in [0.3, 0.4) is 0 Å². The first-order chi connectivity index (χ1) is 16.9. The molecule has 2 N–H and O–H groups in total. The van der Waals surface area contributed by atoms with Gasteiger partial charge in [0.15, 0.2) is 17.5 Å². The molecule has 8 heteroatoms. The van der Waals surface area contributed by atoms with E-state index in [1.54, 1.807) is 55.4 Å². The Morgan fingerprint density at radius 2 is 1.50 bits per heavy atom. The molecule has 0 amide bonds. The maximum absolute atomic E-state index is 14.2. The highest BCUT2D eigenvalue weighted by atomic mass is 16.6. The van der Waals surface area contributed by atoms with Gasteiger partial charge in [0, 0.05) is 17.8 Å². The number of carbonyl (C=O) groups is 3. The van der Waals surface area contributed by atoms with Crippen LogP contribution in [0.2, 0.25) is 0 Å². The Kier molecular flexibility index (Phi) is 7.18. The molecular weight excluding hydrogens is 488 g/mol. The van der Waals surface area contributed by atoms with E-state index in [-0.39, 0.29) is 6.42 Å². The lowest BCUT2D eigenvalue weighted by atomic mass is 9.39. The maximum atomic E-state index is 14.2. The van der Waals surface area contributed by atoms with Crippen LogP contribution >= 0.6 is 0 Å². The summed E-state index contributed by atoms with van der Waals surface area (Å²) in [7, 11) is 0. The van der Waals surface area contributed by atoms with Crippen LogP contribution in [0, 0.1) is 27.6 Å². The van der Waals surface area contributed by atoms with Gasteiger partial charge in [-0.1, -0.05) is 26.8 Å². The molecule has 0 bridgehead atoms. The van der Waals surface area contributed by atoms with Gasteiger partial charge in [0.05, 0.1) is 22.5 Å². The van der Waals surface area contributed by atoms with Gasteiger partial charge in [0.1, 0.15) is 11.7 Å². The van der Waals surface area contributed by atoms with Crippen molar-refractivity contribution in [3.05, 3.63) is 12.7 Å². The minimum absolute atomic E-state index is 0.179. The summed E-state index contributed by atoms with van der Waals surface area (Å²) in [5, 5.41) is 24.9. The number of ether oxygens (including phenoxy) is 3. The molecule has 1 heterocycles. The molecule has 0 aromatic carbocycles. The maximum Gasteiger partial charge on any atom is 0.311 e. The molecule has 1 saturated heterocycles. The molecule has 0 aromatic heterocycles. The molecule has 3 unspecified atom stereocenters. The molecule has 0 spiro atoms. The zero-order valence-corrected chi connectivity index (χ0v) is 25.1. The Balaban J connectivity index is 2.33. The lowest BCUT2D eigenvalue weighted by Crippen LogP contribution is -2.87. The largest absolute Gasteiger partial charge is 0.461 e. The van der Waals surface area contributed by atoms with E-state index < -0.39 is 80.4 Å². The van der Waals surface area contributed by atoms with E-state index >= 15 is 0 Å². The Morgan fingerprint density at radius 1 is 1.00 bits per heavy atom.